The first kappa shape index (κ1) is 40.6. The van der Waals surface area contributed by atoms with Gasteiger partial charge in [0.25, 0.3) is 0 Å². The summed E-state index contributed by atoms with van der Waals surface area (Å²) < 4.78 is 0. The molecule has 0 N–H and O–H groups in total. The second-order valence-corrected chi connectivity index (χ2v) is 16.7. The van der Waals surface area contributed by atoms with Gasteiger partial charge in [0.1, 0.15) is 5.66 Å². The van der Waals surface area contributed by atoms with Crippen LogP contribution in [0.25, 0.3) is 16.7 Å². The molecule has 1 aliphatic carbocycles. The Kier molecular flexibility index (Phi) is 13.1. The molecule has 0 radical (unpaired) electrons. The van der Waals surface area contributed by atoms with Crippen LogP contribution in [0.4, 0.5) is 22.7 Å². The average molecular weight is 763 g/mol. The van der Waals surface area contributed by atoms with Gasteiger partial charge in [-0.1, -0.05) is 170 Å². The highest BCUT2D eigenvalue weighted by molar-refractivity contribution is 5.82. The number of aryl methyl sites for hydroxylation is 2. The summed E-state index contributed by atoms with van der Waals surface area (Å²) in [5.41, 5.74) is 14.5. The van der Waals surface area contributed by atoms with Crippen LogP contribution in [0.2, 0.25) is 0 Å². The van der Waals surface area contributed by atoms with Crippen molar-refractivity contribution in [2.45, 2.75) is 104 Å². The van der Waals surface area contributed by atoms with E-state index in [1.165, 1.54) is 93.0 Å². The lowest BCUT2D eigenvalue weighted by atomic mass is 9.87. The standard InChI is InChI=1S/C56H62N2/c1-7-9-14-44-18-30-52(31-19-44)57(54-34-26-46(27-35-54)42(3)4)56(40-38-51(39-41-56)50-24-22-49(23-25-50)48-16-12-11-13-17-48)58(55-36-28-47(29-37-55)43(5)6)53-32-20-45(21-33-53)15-10-8-2/h11-13,16-40,42-43H,7-10,14-15,41H2,1-6H3. The average Bonchev–Trinajstić information content (AvgIpc) is 3.27. The van der Waals surface area contributed by atoms with Gasteiger partial charge in [-0.05, 0) is 137 Å². The van der Waals surface area contributed by atoms with Crippen LogP contribution in [0, 0.1) is 0 Å². The minimum Gasteiger partial charge on any atom is -0.314 e. The van der Waals surface area contributed by atoms with Gasteiger partial charge in [0.15, 0.2) is 0 Å². The van der Waals surface area contributed by atoms with Crippen molar-refractivity contribution >= 4 is 28.3 Å². The van der Waals surface area contributed by atoms with Crippen molar-refractivity contribution in [3.63, 3.8) is 0 Å². The van der Waals surface area contributed by atoms with Crippen LogP contribution in [-0.4, -0.2) is 5.66 Å². The van der Waals surface area contributed by atoms with E-state index in [2.05, 4.69) is 221 Å². The summed E-state index contributed by atoms with van der Waals surface area (Å²) in [6, 6.07) is 57.2. The highest BCUT2D eigenvalue weighted by Crippen LogP contribution is 2.48. The fourth-order valence-electron chi connectivity index (χ4n) is 8.35. The predicted octanol–water partition coefficient (Wildman–Crippen LogP) is 16.0. The molecule has 0 saturated heterocycles. The van der Waals surface area contributed by atoms with Crippen LogP contribution in [-0.2, 0) is 12.8 Å². The second-order valence-electron chi connectivity index (χ2n) is 16.7. The molecule has 1 aliphatic rings. The Labute approximate surface area is 349 Å². The van der Waals surface area contributed by atoms with E-state index >= 15 is 0 Å². The van der Waals surface area contributed by atoms with Crippen molar-refractivity contribution in [3.8, 4) is 11.1 Å². The number of hydrogen-bond acceptors (Lipinski definition) is 2. The van der Waals surface area contributed by atoms with Crippen molar-refractivity contribution in [2.75, 3.05) is 9.80 Å². The van der Waals surface area contributed by atoms with E-state index in [9.17, 15) is 0 Å². The van der Waals surface area contributed by atoms with Crippen molar-refractivity contribution < 1.29 is 0 Å². The lowest BCUT2D eigenvalue weighted by Gasteiger charge is -2.52. The molecule has 0 aliphatic heterocycles. The summed E-state index contributed by atoms with van der Waals surface area (Å²) >= 11 is 0. The number of benzene rings is 6. The highest BCUT2D eigenvalue weighted by atomic mass is 15.4. The number of unbranched alkanes of at least 4 members (excludes halogenated alkanes) is 2. The van der Waals surface area contributed by atoms with Gasteiger partial charge in [0.2, 0.25) is 0 Å². The van der Waals surface area contributed by atoms with Gasteiger partial charge in [0, 0.05) is 29.2 Å². The molecule has 0 heterocycles. The topological polar surface area (TPSA) is 6.48 Å². The molecule has 0 spiro atoms. The summed E-state index contributed by atoms with van der Waals surface area (Å²) in [4.78, 5) is 5.20. The minimum absolute atomic E-state index is 0.449. The summed E-state index contributed by atoms with van der Waals surface area (Å²) in [7, 11) is 0. The predicted molar refractivity (Wildman–Crippen MR) is 252 cm³/mol. The molecule has 2 nitrogen and oxygen atoms in total. The Hall–Kier alpha value is -5.60. The van der Waals surface area contributed by atoms with Gasteiger partial charge in [-0.25, -0.2) is 0 Å². The van der Waals surface area contributed by atoms with Crippen LogP contribution in [0.5, 0.6) is 0 Å². The number of allylic oxidation sites excluding steroid dienone is 2. The molecule has 0 aromatic heterocycles. The molecule has 7 rings (SSSR count). The Bertz CT molecular complexity index is 2130. The van der Waals surface area contributed by atoms with Gasteiger partial charge in [-0.3, -0.25) is 0 Å². The normalized spacial score (nSPS) is 13.5. The summed E-state index contributed by atoms with van der Waals surface area (Å²) in [5, 5.41) is 0. The van der Waals surface area contributed by atoms with E-state index in [4.69, 9.17) is 0 Å². The van der Waals surface area contributed by atoms with Gasteiger partial charge >= 0.3 is 0 Å². The fourth-order valence-corrected chi connectivity index (χ4v) is 8.35. The largest absolute Gasteiger partial charge is 0.314 e. The van der Waals surface area contributed by atoms with Crippen molar-refractivity contribution in [1.29, 1.82) is 0 Å². The third-order valence-corrected chi connectivity index (χ3v) is 11.9. The summed E-state index contributed by atoms with van der Waals surface area (Å²) in [6.07, 6.45) is 15.0. The van der Waals surface area contributed by atoms with Crippen LogP contribution in [0.3, 0.4) is 0 Å². The molecule has 0 amide bonds. The van der Waals surface area contributed by atoms with Crippen LogP contribution in [0.1, 0.15) is 113 Å². The first-order valence-electron chi connectivity index (χ1n) is 21.8. The minimum atomic E-state index is -0.637. The zero-order valence-corrected chi connectivity index (χ0v) is 35.7. The summed E-state index contributed by atoms with van der Waals surface area (Å²) in [6.45, 7) is 13.6. The van der Waals surface area contributed by atoms with E-state index in [1.54, 1.807) is 0 Å². The molecule has 2 heteroatoms. The molecule has 0 bridgehead atoms. The highest BCUT2D eigenvalue weighted by Gasteiger charge is 2.43. The quantitative estimate of drug-likeness (QED) is 0.0906. The monoisotopic (exact) mass is 762 g/mol. The molecule has 58 heavy (non-hydrogen) atoms. The molecule has 0 unspecified atom stereocenters. The number of rotatable bonds is 16. The molecule has 0 saturated carbocycles. The maximum atomic E-state index is 2.60. The van der Waals surface area contributed by atoms with E-state index in [1.807, 2.05) is 0 Å². The smallest absolute Gasteiger partial charge is 0.145 e. The maximum Gasteiger partial charge on any atom is 0.145 e. The van der Waals surface area contributed by atoms with Crippen LogP contribution >= 0.6 is 0 Å². The van der Waals surface area contributed by atoms with E-state index < -0.39 is 5.66 Å². The second kappa shape index (κ2) is 18.8. The number of anilines is 4. The van der Waals surface area contributed by atoms with Gasteiger partial charge in [-0.15, -0.1) is 0 Å². The molecule has 6 aromatic carbocycles. The number of hydrogen-bond donors (Lipinski definition) is 0. The molecular weight excluding hydrogens is 701 g/mol. The lowest BCUT2D eigenvalue weighted by molar-refractivity contribution is 0.526. The maximum absolute atomic E-state index is 2.60. The first-order chi connectivity index (χ1) is 28.3. The third kappa shape index (κ3) is 9.08. The molecule has 6 aromatic rings. The SMILES string of the molecule is CCCCc1ccc(N(c2ccc(C(C)C)cc2)C2(N(c3ccc(CCCC)cc3)c3ccc(C(C)C)cc3)C=CC(c3ccc(-c4ccccc4)cc3)=CC2)cc1. The Morgan fingerprint density at radius 3 is 1.24 bits per heavy atom. The number of nitrogens with zero attached hydrogens (tertiary/aromatic N) is 2. The van der Waals surface area contributed by atoms with E-state index in [0.29, 0.717) is 11.8 Å². The van der Waals surface area contributed by atoms with Crippen LogP contribution < -0.4 is 9.80 Å². The lowest BCUT2D eigenvalue weighted by Crippen LogP contribution is -2.57. The molecule has 296 valence electrons. The van der Waals surface area contributed by atoms with E-state index in [-0.39, 0.29) is 0 Å². The molecule has 0 atom stereocenters. The zero-order chi connectivity index (χ0) is 40.5. The van der Waals surface area contributed by atoms with Crippen molar-refractivity contribution in [2.24, 2.45) is 0 Å². The van der Waals surface area contributed by atoms with Gasteiger partial charge in [0.05, 0.1) is 0 Å². The Balaban J connectivity index is 1.42. The third-order valence-electron chi connectivity index (χ3n) is 11.9. The fraction of sp³-hybridized carbons (Fsp3) is 0.286. The molecular formula is C56H62N2. The molecule has 0 fully saturated rings. The Morgan fingerprint density at radius 1 is 0.466 bits per heavy atom. The van der Waals surface area contributed by atoms with Crippen LogP contribution in [0.15, 0.2) is 170 Å². The van der Waals surface area contributed by atoms with Gasteiger partial charge < -0.3 is 9.80 Å². The van der Waals surface area contributed by atoms with Gasteiger partial charge in [-0.2, -0.15) is 0 Å². The first-order valence-corrected chi connectivity index (χ1v) is 21.8. The Morgan fingerprint density at radius 2 is 0.862 bits per heavy atom. The zero-order valence-electron chi connectivity index (χ0n) is 35.7. The van der Waals surface area contributed by atoms with E-state index in [0.717, 1.165) is 19.3 Å². The van der Waals surface area contributed by atoms with Crippen molar-refractivity contribution in [1.82, 2.24) is 0 Å². The van der Waals surface area contributed by atoms with Crippen molar-refractivity contribution in [3.05, 3.63) is 198 Å². The summed E-state index contributed by atoms with van der Waals surface area (Å²) in [5.74, 6) is 0.898.